The van der Waals surface area contributed by atoms with Crippen molar-refractivity contribution in [2.75, 3.05) is 0 Å². The van der Waals surface area contributed by atoms with Crippen LogP contribution in [0.4, 0.5) is 0 Å². The third-order valence-electron chi connectivity index (χ3n) is 4.89. The number of hydrogen-bond donors (Lipinski definition) is 1. The highest BCUT2D eigenvalue weighted by molar-refractivity contribution is 8.01. The molecule has 20 heavy (non-hydrogen) atoms. The van der Waals surface area contributed by atoms with Gasteiger partial charge in [-0.15, -0.1) is 23.1 Å². The Morgan fingerprint density at radius 3 is 2.80 bits per heavy atom. The normalized spacial score (nSPS) is 27.4. The Hall–Kier alpha value is -0.480. The van der Waals surface area contributed by atoms with E-state index in [0.29, 0.717) is 11.3 Å². The lowest BCUT2D eigenvalue weighted by molar-refractivity contribution is -0.143. The molecule has 1 saturated carbocycles. The molecule has 112 valence electrons. The molecule has 3 atom stereocenters. The lowest BCUT2D eigenvalue weighted by Gasteiger charge is -2.41. The average molecular weight is 313 g/mol. The van der Waals surface area contributed by atoms with Gasteiger partial charge in [-0.25, -0.2) is 0 Å². The van der Waals surface area contributed by atoms with Gasteiger partial charge >= 0.3 is 5.97 Å². The molecule has 3 unspecified atom stereocenters. The average Bonchev–Trinajstić information content (AvgIpc) is 2.91. The number of hydrogen-bond acceptors (Lipinski definition) is 3. The van der Waals surface area contributed by atoms with Crippen LogP contribution in [-0.4, -0.2) is 16.3 Å². The molecule has 2 nitrogen and oxygen atoms in total. The molecule has 4 heteroatoms. The first-order valence-corrected chi connectivity index (χ1v) is 9.13. The van der Waals surface area contributed by atoms with E-state index in [2.05, 4.69) is 32.2 Å². The van der Waals surface area contributed by atoms with Crippen LogP contribution in [0.15, 0.2) is 21.7 Å². The first kappa shape index (κ1) is 15.9. The molecule has 0 radical (unpaired) electrons. The fraction of sp³-hybridized carbons (Fsp3) is 0.688. The molecule has 0 amide bonds. The van der Waals surface area contributed by atoms with Crippen LogP contribution in [0.25, 0.3) is 0 Å². The molecule has 1 aromatic rings. The molecule has 1 heterocycles. The number of thioether (sulfide) groups is 1. The van der Waals surface area contributed by atoms with Gasteiger partial charge in [0, 0.05) is 5.25 Å². The van der Waals surface area contributed by atoms with Crippen molar-refractivity contribution in [3.63, 3.8) is 0 Å². The van der Waals surface area contributed by atoms with E-state index in [9.17, 15) is 9.90 Å². The molecule has 0 spiro atoms. The van der Waals surface area contributed by atoms with Crippen LogP contribution in [0.5, 0.6) is 0 Å². The molecule has 2 rings (SSSR count). The second-order valence-electron chi connectivity index (χ2n) is 6.39. The SMILES string of the molecule is CCC(C)(C)C1CCC(C(=O)O)C(Sc2cccs2)C1. The summed E-state index contributed by atoms with van der Waals surface area (Å²) in [5, 5.41) is 11.8. The second kappa shape index (κ2) is 6.52. The maximum atomic E-state index is 11.5. The van der Waals surface area contributed by atoms with Gasteiger partial charge < -0.3 is 5.11 Å². The largest absolute Gasteiger partial charge is 0.481 e. The van der Waals surface area contributed by atoms with Crippen LogP contribution in [0.3, 0.4) is 0 Å². The van der Waals surface area contributed by atoms with E-state index < -0.39 is 5.97 Å². The predicted octanol–water partition coefficient (Wildman–Crippen LogP) is 5.15. The van der Waals surface area contributed by atoms with Crippen LogP contribution in [0.1, 0.15) is 46.5 Å². The van der Waals surface area contributed by atoms with Gasteiger partial charge in [0.1, 0.15) is 0 Å². The molecule has 0 bridgehead atoms. The number of carboxylic acids is 1. The fourth-order valence-electron chi connectivity index (χ4n) is 3.02. The van der Waals surface area contributed by atoms with Gasteiger partial charge in [0.25, 0.3) is 0 Å². The Morgan fingerprint density at radius 2 is 2.25 bits per heavy atom. The van der Waals surface area contributed by atoms with Crippen molar-refractivity contribution >= 4 is 29.1 Å². The Bertz CT molecular complexity index is 439. The van der Waals surface area contributed by atoms with E-state index in [0.717, 1.165) is 25.7 Å². The summed E-state index contributed by atoms with van der Waals surface area (Å²) in [6, 6.07) is 4.14. The quantitative estimate of drug-likeness (QED) is 0.817. The zero-order valence-corrected chi connectivity index (χ0v) is 14.1. The maximum Gasteiger partial charge on any atom is 0.307 e. The van der Waals surface area contributed by atoms with E-state index in [1.165, 1.54) is 4.21 Å². The van der Waals surface area contributed by atoms with Gasteiger partial charge in [-0.3, -0.25) is 4.79 Å². The van der Waals surface area contributed by atoms with Crippen LogP contribution in [0.2, 0.25) is 0 Å². The number of aliphatic carboxylic acids is 1. The lowest BCUT2D eigenvalue weighted by Crippen LogP contribution is -2.37. The number of carboxylic acid groups (broad SMARTS) is 1. The van der Waals surface area contributed by atoms with Crippen molar-refractivity contribution < 1.29 is 9.90 Å². The molecule has 1 N–H and O–H groups in total. The summed E-state index contributed by atoms with van der Waals surface area (Å²) in [7, 11) is 0. The minimum absolute atomic E-state index is 0.189. The van der Waals surface area contributed by atoms with E-state index in [1.807, 2.05) is 6.07 Å². The van der Waals surface area contributed by atoms with Crippen LogP contribution < -0.4 is 0 Å². The Kier molecular flexibility index (Phi) is 5.19. The topological polar surface area (TPSA) is 37.3 Å². The fourth-order valence-corrected chi connectivity index (χ4v) is 5.43. The highest BCUT2D eigenvalue weighted by Gasteiger charge is 2.40. The predicted molar refractivity (Wildman–Crippen MR) is 86.5 cm³/mol. The van der Waals surface area contributed by atoms with E-state index in [1.54, 1.807) is 23.1 Å². The first-order valence-electron chi connectivity index (χ1n) is 7.37. The standard InChI is InChI=1S/C16H24O2S2/c1-4-16(2,3)11-7-8-12(15(17)18)13(10-11)20-14-6-5-9-19-14/h5-6,9,11-13H,4,7-8,10H2,1-3H3,(H,17,18). The summed E-state index contributed by atoms with van der Waals surface area (Å²) in [5.41, 5.74) is 0.317. The third kappa shape index (κ3) is 3.59. The summed E-state index contributed by atoms with van der Waals surface area (Å²) < 4.78 is 1.25. The molecular formula is C16H24O2S2. The van der Waals surface area contributed by atoms with Crippen molar-refractivity contribution in [1.29, 1.82) is 0 Å². The first-order chi connectivity index (χ1) is 9.44. The summed E-state index contributed by atoms with van der Waals surface area (Å²) in [6.07, 6.45) is 4.07. The molecule has 0 aliphatic heterocycles. The molecule has 0 aromatic carbocycles. The molecule has 0 saturated heterocycles. The van der Waals surface area contributed by atoms with E-state index in [-0.39, 0.29) is 11.2 Å². The van der Waals surface area contributed by atoms with Gasteiger partial charge in [-0.05, 0) is 42.0 Å². The summed E-state index contributed by atoms with van der Waals surface area (Å²) in [5.74, 6) is -0.168. The Balaban J connectivity index is 2.11. The van der Waals surface area contributed by atoms with Crippen molar-refractivity contribution in [3.05, 3.63) is 17.5 Å². The van der Waals surface area contributed by atoms with Crippen molar-refractivity contribution in [3.8, 4) is 0 Å². The van der Waals surface area contributed by atoms with Crippen molar-refractivity contribution in [2.45, 2.75) is 55.9 Å². The minimum atomic E-state index is -0.619. The molecule has 1 aromatic heterocycles. The van der Waals surface area contributed by atoms with Crippen LogP contribution in [-0.2, 0) is 4.79 Å². The van der Waals surface area contributed by atoms with Crippen molar-refractivity contribution in [1.82, 2.24) is 0 Å². The van der Waals surface area contributed by atoms with Crippen LogP contribution in [0, 0.1) is 17.3 Å². The Morgan fingerprint density at radius 1 is 1.50 bits per heavy atom. The maximum absolute atomic E-state index is 11.5. The van der Waals surface area contributed by atoms with Gasteiger partial charge in [-0.2, -0.15) is 0 Å². The number of rotatable bonds is 5. The van der Waals surface area contributed by atoms with Gasteiger partial charge in [0.05, 0.1) is 10.1 Å². The monoisotopic (exact) mass is 312 g/mol. The highest BCUT2D eigenvalue weighted by Crippen LogP contribution is 2.47. The second-order valence-corrected chi connectivity index (χ2v) is 8.87. The van der Waals surface area contributed by atoms with Gasteiger partial charge in [0.2, 0.25) is 0 Å². The van der Waals surface area contributed by atoms with Crippen molar-refractivity contribution in [2.24, 2.45) is 17.3 Å². The Labute approximate surface area is 130 Å². The highest BCUT2D eigenvalue weighted by atomic mass is 32.2. The molecular weight excluding hydrogens is 288 g/mol. The number of thiophene rings is 1. The van der Waals surface area contributed by atoms with E-state index >= 15 is 0 Å². The van der Waals surface area contributed by atoms with E-state index in [4.69, 9.17) is 0 Å². The molecule has 1 fully saturated rings. The summed E-state index contributed by atoms with van der Waals surface area (Å²) >= 11 is 3.49. The summed E-state index contributed by atoms with van der Waals surface area (Å²) in [4.78, 5) is 11.5. The zero-order valence-electron chi connectivity index (χ0n) is 12.5. The number of carbonyl (C=O) groups is 1. The molecule has 1 aliphatic carbocycles. The molecule has 1 aliphatic rings. The zero-order chi connectivity index (χ0) is 14.8. The van der Waals surface area contributed by atoms with Gasteiger partial charge in [0.15, 0.2) is 0 Å². The van der Waals surface area contributed by atoms with Gasteiger partial charge in [-0.1, -0.05) is 33.3 Å². The smallest absolute Gasteiger partial charge is 0.307 e. The summed E-state index contributed by atoms with van der Waals surface area (Å²) in [6.45, 7) is 6.89. The lowest BCUT2D eigenvalue weighted by atomic mass is 9.67. The van der Waals surface area contributed by atoms with Crippen LogP contribution >= 0.6 is 23.1 Å². The third-order valence-corrected chi connectivity index (χ3v) is 7.32. The minimum Gasteiger partial charge on any atom is -0.481 e.